The molecule has 0 bridgehead atoms. The molecule has 0 unspecified atom stereocenters. The van der Waals surface area contributed by atoms with Crippen LogP contribution >= 0.6 is 12.4 Å². The summed E-state index contributed by atoms with van der Waals surface area (Å²) in [5.74, 6) is 1.79. The third-order valence-electron chi connectivity index (χ3n) is 2.47. The van der Waals surface area contributed by atoms with Gasteiger partial charge in [-0.05, 0) is 6.07 Å². The summed E-state index contributed by atoms with van der Waals surface area (Å²) in [6.07, 6.45) is 1.82. The van der Waals surface area contributed by atoms with Crippen LogP contribution in [0.25, 0.3) is 0 Å². The molecule has 0 aromatic carbocycles. The number of piperazine rings is 1. The van der Waals surface area contributed by atoms with Gasteiger partial charge in [-0.3, -0.25) is 0 Å². The summed E-state index contributed by atoms with van der Waals surface area (Å²) in [4.78, 5) is 12.9. The van der Waals surface area contributed by atoms with Crippen LogP contribution in [0, 0.1) is 0 Å². The quantitative estimate of drug-likeness (QED) is 0.814. The van der Waals surface area contributed by atoms with E-state index in [1.165, 1.54) is 0 Å². The van der Waals surface area contributed by atoms with E-state index in [2.05, 4.69) is 20.2 Å². The van der Waals surface area contributed by atoms with Crippen LogP contribution in [0.4, 0.5) is 11.8 Å². The predicted molar refractivity (Wildman–Crippen MR) is 68.7 cm³/mol. The first-order chi connectivity index (χ1) is 7.27. The van der Waals surface area contributed by atoms with E-state index in [0.29, 0.717) is 0 Å². The summed E-state index contributed by atoms with van der Waals surface area (Å²) in [6, 6.07) is 1.97. The Balaban J connectivity index is 0.00000128. The van der Waals surface area contributed by atoms with E-state index in [0.717, 1.165) is 37.9 Å². The zero-order valence-electron chi connectivity index (χ0n) is 9.68. The van der Waals surface area contributed by atoms with Crippen molar-refractivity contribution in [3.8, 4) is 0 Å². The zero-order valence-corrected chi connectivity index (χ0v) is 10.5. The minimum Gasteiger partial charge on any atom is -0.354 e. The Labute approximate surface area is 102 Å². The summed E-state index contributed by atoms with van der Waals surface area (Å²) in [5.41, 5.74) is 0. The number of halogens is 1. The average Bonchev–Trinajstić information content (AvgIpc) is 2.30. The molecule has 5 nitrogen and oxygen atoms in total. The lowest BCUT2D eigenvalue weighted by Gasteiger charge is -2.28. The maximum absolute atomic E-state index is 4.51. The molecular weight excluding hydrogens is 226 g/mol. The lowest BCUT2D eigenvalue weighted by atomic mass is 10.3. The second kappa shape index (κ2) is 5.86. The zero-order chi connectivity index (χ0) is 10.7. The smallest absolute Gasteiger partial charge is 0.226 e. The lowest BCUT2D eigenvalue weighted by molar-refractivity contribution is 0.584. The second-order valence-corrected chi connectivity index (χ2v) is 3.85. The molecule has 0 amide bonds. The largest absolute Gasteiger partial charge is 0.354 e. The molecule has 0 aliphatic carbocycles. The van der Waals surface area contributed by atoms with E-state index < -0.39 is 0 Å². The van der Waals surface area contributed by atoms with Crippen LogP contribution in [0.5, 0.6) is 0 Å². The summed E-state index contributed by atoms with van der Waals surface area (Å²) < 4.78 is 0. The lowest BCUT2D eigenvalue weighted by Crippen LogP contribution is -2.44. The molecule has 2 heterocycles. The maximum Gasteiger partial charge on any atom is 0.226 e. The molecule has 0 spiro atoms. The van der Waals surface area contributed by atoms with Crippen LogP contribution in [0.3, 0.4) is 0 Å². The number of nitrogens with one attached hydrogen (secondary N) is 1. The van der Waals surface area contributed by atoms with Crippen molar-refractivity contribution in [2.75, 3.05) is 50.1 Å². The van der Waals surface area contributed by atoms with E-state index in [-0.39, 0.29) is 12.4 Å². The first-order valence-corrected chi connectivity index (χ1v) is 5.23. The predicted octanol–water partition coefficient (Wildman–Crippen LogP) is 0.374. The van der Waals surface area contributed by atoms with E-state index in [1.54, 1.807) is 0 Å². The Hall–Kier alpha value is -1.07. The number of aromatic nitrogens is 2. The van der Waals surface area contributed by atoms with Gasteiger partial charge in [0.05, 0.1) is 0 Å². The Bertz CT molecular complexity index is 325. The summed E-state index contributed by atoms with van der Waals surface area (Å²) >= 11 is 0. The maximum atomic E-state index is 4.51. The third-order valence-corrected chi connectivity index (χ3v) is 2.47. The molecule has 1 N–H and O–H groups in total. The molecule has 0 saturated carbocycles. The normalized spacial score (nSPS) is 15.5. The van der Waals surface area contributed by atoms with Crippen LogP contribution in [-0.2, 0) is 0 Å². The number of hydrogen-bond donors (Lipinski definition) is 1. The highest BCUT2D eigenvalue weighted by molar-refractivity contribution is 5.85. The fourth-order valence-corrected chi connectivity index (χ4v) is 1.62. The minimum absolute atomic E-state index is 0. The second-order valence-electron chi connectivity index (χ2n) is 3.85. The highest BCUT2D eigenvalue weighted by Crippen LogP contribution is 2.13. The van der Waals surface area contributed by atoms with Crippen molar-refractivity contribution in [1.82, 2.24) is 15.3 Å². The van der Waals surface area contributed by atoms with Crippen molar-refractivity contribution in [2.24, 2.45) is 0 Å². The molecule has 1 aromatic heterocycles. The number of anilines is 2. The van der Waals surface area contributed by atoms with Crippen LogP contribution < -0.4 is 15.1 Å². The fourth-order valence-electron chi connectivity index (χ4n) is 1.62. The molecule has 1 aliphatic heterocycles. The average molecular weight is 244 g/mol. The van der Waals surface area contributed by atoms with Gasteiger partial charge in [-0.2, -0.15) is 4.98 Å². The van der Waals surface area contributed by atoms with Gasteiger partial charge in [-0.25, -0.2) is 4.98 Å². The Kier molecular flexibility index (Phi) is 4.76. The summed E-state index contributed by atoms with van der Waals surface area (Å²) in [5, 5.41) is 3.33. The van der Waals surface area contributed by atoms with Gasteiger partial charge in [0.25, 0.3) is 0 Å². The number of hydrogen-bond acceptors (Lipinski definition) is 5. The van der Waals surface area contributed by atoms with Gasteiger partial charge in [0, 0.05) is 46.5 Å². The standard InChI is InChI=1S/C10H17N5.ClH/c1-14(2)10-12-4-3-9(13-10)15-7-5-11-6-8-15;/h3-4,11H,5-8H2,1-2H3;1H. The number of rotatable bonds is 2. The van der Waals surface area contributed by atoms with Gasteiger partial charge in [0.15, 0.2) is 0 Å². The SMILES string of the molecule is CN(C)c1nccc(N2CCNCC2)n1.Cl. The molecule has 0 atom stereocenters. The van der Waals surface area contributed by atoms with Crippen molar-refractivity contribution in [1.29, 1.82) is 0 Å². The molecule has 16 heavy (non-hydrogen) atoms. The van der Waals surface area contributed by atoms with Crippen LogP contribution in [0.2, 0.25) is 0 Å². The highest BCUT2D eigenvalue weighted by Gasteiger charge is 2.12. The van der Waals surface area contributed by atoms with E-state index in [4.69, 9.17) is 0 Å². The van der Waals surface area contributed by atoms with E-state index >= 15 is 0 Å². The Morgan fingerprint density at radius 3 is 2.62 bits per heavy atom. The molecule has 1 fully saturated rings. The van der Waals surface area contributed by atoms with E-state index in [1.807, 2.05) is 31.3 Å². The molecule has 1 saturated heterocycles. The first-order valence-electron chi connectivity index (χ1n) is 5.23. The first kappa shape index (κ1) is 13.0. The molecule has 1 aliphatic rings. The Morgan fingerprint density at radius 2 is 2.00 bits per heavy atom. The topological polar surface area (TPSA) is 44.3 Å². The number of nitrogens with zero attached hydrogens (tertiary/aromatic N) is 4. The van der Waals surface area contributed by atoms with Crippen molar-refractivity contribution >= 4 is 24.2 Å². The van der Waals surface area contributed by atoms with Crippen LogP contribution in [0.15, 0.2) is 12.3 Å². The van der Waals surface area contributed by atoms with Crippen molar-refractivity contribution in [2.45, 2.75) is 0 Å². The van der Waals surface area contributed by atoms with Crippen LogP contribution in [0.1, 0.15) is 0 Å². The van der Waals surface area contributed by atoms with Gasteiger partial charge >= 0.3 is 0 Å². The molecule has 90 valence electrons. The van der Waals surface area contributed by atoms with Crippen molar-refractivity contribution < 1.29 is 0 Å². The minimum atomic E-state index is 0. The Morgan fingerprint density at radius 1 is 1.31 bits per heavy atom. The van der Waals surface area contributed by atoms with Gasteiger partial charge < -0.3 is 15.1 Å². The fraction of sp³-hybridized carbons (Fsp3) is 0.600. The van der Waals surface area contributed by atoms with Gasteiger partial charge in [0.2, 0.25) is 5.95 Å². The van der Waals surface area contributed by atoms with Gasteiger partial charge in [-0.15, -0.1) is 12.4 Å². The molecule has 1 aromatic rings. The third kappa shape index (κ3) is 2.96. The summed E-state index contributed by atoms with van der Waals surface area (Å²) in [6.45, 7) is 4.09. The van der Waals surface area contributed by atoms with E-state index in [9.17, 15) is 0 Å². The van der Waals surface area contributed by atoms with Gasteiger partial charge in [-0.1, -0.05) is 0 Å². The molecular formula is C10H18ClN5. The molecule has 2 rings (SSSR count). The van der Waals surface area contributed by atoms with Gasteiger partial charge in [0.1, 0.15) is 5.82 Å². The van der Waals surface area contributed by atoms with Crippen molar-refractivity contribution in [3.63, 3.8) is 0 Å². The highest BCUT2D eigenvalue weighted by atomic mass is 35.5. The monoisotopic (exact) mass is 243 g/mol. The van der Waals surface area contributed by atoms with Crippen molar-refractivity contribution in [3.05, 3.63) is 12.3 Å². The molecule has 0 radical (unpaired) electrons. The molecule has 6 heteroatoms. The summed E-state index contributed by atoms with van der Waals surface area (Å²) in [7, 11) is 3.91. The van der Waals surface area contributed by atoms with Crippen LogP contribution in [-0.4, -0.2) is 50.2 Å².